The fraction of sp³-hybridized carbons (Fsp3) is 0.452. The molecule has 0 spiro atoms. The molecular formula is C42H49F3O9. The molecule has 3 aliphatic rings. The molecule has 0 amide bonds. The Kier molecular flexibility index (Phi) is 17.0. The Morgan fingerprint density at radius 3 is 1.44 bits per heavy atom. The molecule has 6 rings (SSSR count). The predicted molar refractivity (Wildman–Crippen MR) is 195 cm³/mol. The van der Waals surface area contributed by atoms with Gasteiger partial charge < -0.3 is 28.4 Å². The Balaban J connectivity index is 0.000000180. The van der Waals surface area contributed by atoms with Gasteiger partial charge in [0.25, 0.3) is 0 Å². The quantitative estimate of drug-likeness (QED) is 0.158. The van der Waals surface area contributed by atoms with E-state index in [4.69, 9.17) is 14.2 Å². The number of rotatable bonds is 9. The number of benzene rings is 3. The number of esters is 3. The van der Waals surface area contributed by atoms with E-state index in [0.29, 0.717) is 23.3 Å². The lowest BCUT2D eigenvalue weighted by Gasteiger charge is -2.24. The molecule has 9 nitrogen and oxygen atoms in total. The Morgan fingerprint density at radius 2 is 1.04 bits per heavy atom. The van der Waals surface area contributed by atoms with Gasteiger partial charge in [-0.15, -0.1) is 0 Å². The van der Waals surface area contributed by atoms with Crippen molar-refractivity contribution < 1.29 is 56.0 Å². The lowest BCUT2D eigenvalue weighted by molar-refractivity contribution is -0.140. The SMILES string of the molecule is COC(=O)Cc1cc(F)ccc1C1=CCCCO1.COC(=O)Cc1cc(F)ccc1[C@@H]1CCCCO1.COC(=O)Cc1cc(F)ccc1[C@H]1CCCCO1. The zero-order valence-corrected chi connectivity index (χ0v) is 31.1. The number of ether oxygens (including phenoxy) is 6. The number of halogens is 3. The van der Waals surface area contributed by atoms with Crippen molar-refractivity contribution in [2.75, 3.05) is 41.2 Å². The highest BCUT2D eigenvalue weighted by Crippen LogP contribution is 2.32. The van der Waals surface area contributed by atoms with Gasteiger partial charge in [-0.25, -0.2) is 13.2 Å². The van der Waals surface area contributed by atoms with Crippen LogP contribution in [-0.2, 0) is 62.1 Å². The first kappa shape index (κ1) is 42.1. The van der Waals surface area contributed by atoms with Crippen molar-refractivity contribution in [1.82, 2.24) is 0 Å². The van der Waals surface area contributed by atoms with Crippen LogP contribution < -0.4 is 0 Å². The van der Waals surface area contributed by atoms with E-state index in [0.717, 1.165) is 87.0 Å². The molecule has 54 heavy (non-hydrogen) atoms. The van der Waals surface area contributed by atoms with Crippen LogP contribution in [0.25, 0.3) is 5.76 Å². The first-order chi connectivity index (χ1) is 26.1. The lowest BCUT2D eigenvalue weighted by Crippen LogP contribution is -2.15. The summed E-state index contributed by atoms with van der Waals surface area (Å²) in [5.74, 6) is -1.44. The summed E-state index contributed by atoms with van der Waals surface area (Å²) in [6, 6.07) is 13.4. The molecule has 0 N–H and O–H groups in total. The van der Waals surface area contributed by atoms with Gasteiger partial charge in [-0.05, 0) is 128 Å². The molecule has 3 aromatic rings. The summed E-state index contributed by atoms with van der Waals surface area (Å²) >= 11 is 0. The van der Waals surface area contributed by atoms with Gasteiger partial charge in [-0.2, -0.15) is 0 Å². The summed E-state index contributed by atoms with van der Waals surface area (Å²) in [7, 11) is 3.98. The molecule has 0 unspecified atom stereocenters. The molecule has 3 aliphatic heterocycles. The fourth-order valence-corrected chi connectivity index (χ4v) is 6.43. The van der Waals surface area contributed by atoms with Gasteiger partial charge in [-0.1, -0.05) is 12.1 Å². The normalized spacial score (nSPS) is 17.9. The second-order valence-corrected chi connectivity index (χ2v) is 13.0. The Bertz CT molecular complexity index is 1650. The second-order valence-electron chi connectivity index (χ2n) is 13.0. The van der Waals surface area contributed by atoms with E-state index in [-0.39, 0.29) is 60.9 Å². The summed E-state index contributed by atoms with van der Waals surface area (Å²) in [5, 5.41) is 0. The highest BCUT2D eigenvalue weighted by Gasteiger charge is 2.22. The molecule has 3 aromatic carbocycles. The van der Waals surface area contributed by atoms with Gasteiger partial charge >= 0.3 is 17.9 Å². The topological polar surface area (TPSA) is 107 Å². The van der Waals surface area contributed by atoms with Gasteiger partial charge in [0.15, 0.2) is 0 Å². The summed E-state index contributed by atoms with van der Waals surface area (Å²) in [6.07, 6.45) is 10.2. The van der Waals surface area contributed by atoms with Crippen molar-refractivity contribution in [3.05, 3.63) is 112 Å². The summed E-state index contributed by atoms with van der Waals surface area (Å²) in [4.78, 5) is 34.0. The van der Waals surface area contributed by atoms with Gasteiger partial charge in [-0.3, -0.25) is 14.4 Å². The van der Waals surface area contributed by atoms with E-state index in [1.54, 1.807) is 18.2 Å². The van der Waals surface area contributed by atoms with Crippen LogP contribution in [0.5, 0.6) is 0 Å². The molecule has 0 saturated carbocycles. The van der Waals surface area contributed by atoms with Crippen molar-refractivity contribution in [3.8, 4) is 0 Å². The van der Waals surface area contributed by atoms with E-state index in [1.807, 2.05) is 6.08 Å². The fourth-order valence-electron chi connectivity index (χ4n) is 6.43. The predicted octanol–water partition coefficient (Wildman–Crippen LogP) is 8.26. The van der Waals surface area contributed by atoms with Crippen LogP contribution in [0.3, 0.4) is 0 Å². The number of allylic oxidation sites excluding steroid dienone is 1. The Labute approximate surface area is 314 Å². The minimum absolute atomic E-state index is 0.0287. The first-order valence-corrected chi connectivity index (χ1v) is 18.2. The summed E-state index contributed by atoms with van der Waals surface area (Å²) in [6.45, 7) is 2.10. The zero-order chi connectivity index (χ0) is 38.9. The molecule has 2 fully saturated rings. The maximum absolute atomic E-state index is 13.3. The maximum atomic E-state index is 13.3. The van der Waals surface area contributed by atoms with E-state index in [1.165, 1.54) is 57.7 Å². The van der Waals surface area contributed by atoms with Gasteiger partial charge in [0.1, 0.15) is 23.2 Å². The third kappa shape index (κ3) is 13.0. The van der Waals surface area contributed by atoms with Crippen molar-refractivity contribution in [1.29, 1.82) is 0 Å². The van der Waals surface area contributed by atoms with Crippen LogP contribution in [0, 0.1) is 17.5 Å². The number of methoxy groups -OCH3 is 3. The maximum Gasteiger partial charge on any atom is 0.310 e. The Morgan fingerprint density at radius 1 is 0.593 bits per heavy atom. The van der Waals surface area contributed by atoms with Crippen LogP contribution in [0.15, 0.2) is 60.7 Å². The number of carbonyl (C=O) groups is 3. The van der Waals surface area contributed by atoms with Crippen LogP contribution in [0.4, 0.5) is 13.2 Å². The van der Waals surface area contributed by atoms with Crippen LogP contribution >= 0.6 is 0 Å². The highest BCUT2D eigenvalue weighted by molar-refractivity contribution is 5.76. The molecule has 292 valence electrons. The second kappa shape index (κ2) is 21.9. The summed E-state index contributed by atoms with van der Waals surface area (Å²) in [5.41, 5.74) is 4.49. The minimum Gasteiger partial charge on any atom is -0.493 e. The van der Waals surface area contributed by atoms with Crippen LogP contribution in [0.1, 0.15) is 97.0 Å². The van der Waals surface area contributed by atoms with E-state index < -0.39 is 5.97 Å². The van der Waals surface area contributed by atoms with Crippen LogP contribution in [-0.4, -0.2) is 59.1 Å². The number of carbonyl (C=O) groups excluding carboxylic acids is 3. The largest absolute Gasteiger partial charge is 0.493 e. The summed E-state index contributed by atoms with van der Waals surface area (Å²) < 4.78 is 70.6. The molecule has 0 aromatic heterocycles. The molecule has 3 heterocycles. The molecule has 0 radical (unpaired) electrons. The van der Waals surface area contributed by atoms with E-state index in [2.05, 4.69) is 14.2 Å². The number of hydrogen-bond donors (Lipinski definition) is 0. The Hall–Kier alpha value is -4.68. The van der Waals surface area contributed by atoms with Crippen molar-refractivity contribution in [2.45, 2.75) is 82.8 Å². The number of hydrogen-bond acceptors (Lipinski definition) is 9. The monoisotopic (exact) mass is 754 g/mol. The minimum atomic E-state index is -0.391. The zero-order valence-electron chi connectivity index (χ0n) is 31.1. The molecule has 0 aliphatic carbocycles. The third-order valence-electron chi connectivity index (χ3n) is 9.22. The van der Waals surface area contributed by atoms with Crippen molar-refractivity contribution in [3.63, 3.8) is 0 Å². The average Bonchev–Trinajstić information content (AvgIpc) is 3.19. The highest BCUT2D eigenvalue weighted by atomic mass is 19.1. The van der Waals surface area contributed by atoms with Gasteiger partial charge in [0, 0.05) is 18.8 Å². The lowest BCUT2D eigenvalue weighted by atomic mass is 9.95. The third-order valence-corrected chi connectivity index (χ3v) is 9.22. The van der Waals surface area contributed by atoms with Gasteiger partial charge in [0.2, 0.25) is 0 Å². The smallest absolute Gasteiger partial charge is 0.310 e. The van der Waals surface area contributed by atoms with E-state index in [9.17, 15) is 27.6 Å². The molecule has 0 bridgehead atoms. The average molecular weight is 755 g/mol. The van der Waals surface area contributed by atoms with Crippen molar-refractivity contribution >= 4 is 23.7 Å². The molecule has 2 atom stereocenters. The molecule has 2 saturated heterocycles. The van der Waals surface area contributed by atoms with Crippen LogP contribution in [0.2, 0.25) is 0 Å². The van der Waals surface area contributed by atoms with Gasteiger partial charge in [0.05, 0.1) is 59.4 Å². The molecular weight excluding hydrogens is 705 g/mol. The standard InChI is InChI=1S/2C14H17FO3.C14H15FO3/c3*1-17-14(16)9-10-8-11(15)5-6-12(10)13-4-2-3-7-18-13/h2*5-6,8,13H,2-4,7,9H2,1H3;4-6,8H,2-3,7,9H2,1H3/t2*13-;/m10./s1. The van der Waals surface area contributed by atoms with E-state index >= 15 is 0 Å². The first-order valence-electron chi connectivity index (χ1n) is 18.2. The van der Waals surface area contributed by atoms with Crippen molar-refractivity contribution in [2.24, 2.45) is 0 Å². The molecule has 12 heteroatoms.